The summed E-state index contributed by atoms with van der Waals surface area (Å²) in [6, 6.07) is 0. The Labute approximate surface area is 171 Å². The van der Waals surface area contributed by atoms with E-state index < -0.39 is 0 Å². The first-order chi connectivity index (χ1) is 13.0. The Balaban J connectivity index is 0.000000614. The van der Waals surface area contributed by atoms with Gasteiger partial charge in [-0.2, -0.15) is 0 Å². The molecule has 0 amide bonds. The molecule has 4 aliphatic rings. The zero-order valence-corrected chi connectivity index (χ0v) is 19.6. The Morgan fingerprint density at radius 1 is 1.04 bits per heavy atom. The standard InChI is InChI=1S/C23H36.2C2H6/c1-5-17-8-10-20-19-9-7-18-15-16(3)11-14-23(18,6-2)21(19)12-13-22(17,20)4;2*1-2/h6-7,16-17,19-21H,2,5,8-15H2,1,3-4H3;2*1-2H3. The van der Waals surface area contributed by atoms with Gasteiger partial charge in [0.1, 0.15) is 0 Å². The molecule has 3 fully saturated rings. The lowest BCUT2D eigenvalue weighted by Gasteiger charge is -2.58. The van der Waals surface area contributed by atoms with Crippen molar-refractivity contribution in [2.45, 2.75) is 106 Å². The van der Waals surface area contributed by atoms with Crippen molar-refractivity contribution in [1.82, 2.24) is 0 Å². The van der Waals surface area contributed by atoms with E-state index in [-0.39, 0.29) is 0 Å². The first kappa shape index (κ1) is 22.8. The van der Waals surface area contributed by atoms with Crippen LogP contribution in [0.1, 0.15) is 106 Å². The van der Waals surface area contributed by atoms with Crippen LogP contribution in [0.3, 0.4) is 0 Å². The third-order valence-electron chi connectivity index (χ3n) is 9.01. The SMILES string of the molecule is C=CC12CCC(C)CC1=CCC1C2CCC2(C)C(CC)CCC12.CC.CC. The molecule has 7 unspecified atom stereocenters. The van der Waals surface area contributed by atoms with Crippen molar-refractivity contribution in [2.24, 2.45) is 40.4 Å². The van der Waals surface area contributed by atoms with Crippen LogP contribution in [-0.2, 0) is 0 Å². The maximum Gasteiger partial charge on any atom is 0.0119 e. The molecule has 0 aromatic heterocycles. The van der Waals surface area contributed by atoms with E-state index in [1.165, 1.54) is 57.8 Å². The van der Waals surface area contributed by atoms with Crippen LogP contribution < -0.4 is 0 Å². The van der Waals surface area contributed by atoms with Gasteiger partial charge in [-0.3, -0.25) is 0 Å². The molecule has 0 aromatic rings. The van der Waals surface area contributed by atoms with E-state index in [0.717, 1.165) is 29.6 Å². The predicted molar refractivity (Wildman–Crippen MR) is 122 cm³/mol. The second kappa shape index (κ2) is 9.32. The van der Waals surface area contributed by atoms with E-state index in [2.05, 4.69) is 39.5 Å². The van der Waals surface area contributed by atoms with Gasteiger partial charge in [0.25, 0.3) is 0 Å². The average molecular weight is 373 g/mol. The minimum atomic E-state index is 0.376. The second-order valence-electron chi connectivity index (χ2n) is 9.66. The topological polar surface area (TPSA) is 0 Å². The molecule has 0 bridgehead atoms. The molecular weight excluding hydrogens is 324 g/mol. The Morgan fingerprint density at radius 3 is 2.37 bits per heavy atom. The summed E-state index contributed by atoms with van der Waals surface area (Å²) >= 11 is 0. The number of fused-ring (bicyclic) bond motifs is 5. The molecule has 4 rings (SSSR count). The lowest BCUT2D eigenvalue weighted by Crippen LogP contribution is -2.50. The molecule has 0 nitrogen and oxygen atoms in total. The van der Waals surface area contributed by atoms with Crippen LogP contribution in [0, 0.1) is 40.4 Å². The van der Waals surface area contributed by atoms with Crippen LogP contribution in [0.15, 0.2) is 24.3 Å². The summed E-state index contributed by atoms with van der Waals surface area (Å²) in [5.41, 5.74) is 2.80. The van der Waals surface area contributed by atoms with E-state index in [9.17, 15) is 0 Å². The largest absolute Gasteiger partial charge is 0.102 e. The number of rotatable bonds is 2. The van der Waals surface area contributed by atoms with E-state index >= 15 is 0 Å². The molecule has 0 N–H and O–H groups in total. The van der Waals surface area contributed by atoms with Crippen molar-refractivity contribution in [3.05, 3.63) is 24.3 Å². The van der Waals surface area contributed by atoms with Crippen molar-refractivity contribution in [2.75, 3.05) is 0 Å². The smallest absolute Gasteiger partial charge is 0.0119 e. The zero-order chi connectivity index (χ0) is 20.2. The van der Waals surface area contributed by atoms with E-state index in [4.69, 9.17) is 0 Å². The quantitative estimate of drug-likeness (QED) is 0.425. The molecule has 156 valence electrons. The highest BCUT2D eigenvalue weighted by Crippen LogP contribution is 2.67. The third-order valence-corrected chi connectivity index (χ3v) is 9.01. The van der Waals surface area contributed by atoms with E-state index in [0.29, 0.717) is 10.8 Å². The van der Waals surface area contributed by atoms with Gasteiger partial charge in [-0.25, -0.2) is 0 Å². The summed E-state index contributed by atoms with van der Waals surface area (Å²) < 4.78 is 0. The van der Waals surface area contributed by atoms with Crippen LogP contribution in [0.25, 0.3) is 0 Å². The lowest BCUT2D eigenvalue weighted by molar-refractivity contribution is -0.0346. The van der Waals surface area contributed by atoms with Gasteiger partial charge in [-0.15, -0.1) is 6.58 Å². The van der Waals surface area contributed by atoms with Crippen molar-refractivity contribution in [3.63, 3.8) is 0 Å². The van der Waals surface area contributed by atoms with Crippen molar-refractivity contribution >= 4 is 0 Å². The van der Waals surface area contributed by atoms with Gasteiger partial charge in [-0.1, -0.05) is 72.6 Å². The summed E-state index contributed by atoms with van der Waals surface area (Å²) in [5.74, 6) is 4.71. The average Bonchev–Trinajstić information content (AvgIpc) is 3.07. The van der Waals surface area contributed by atoms with Gasteiger partial charge in [0.05, 0.1) is 0 Å². The zero-order valence-electron chi connectivity index (χ0n) is 19.6. The highest BCUT2D eigenvalue weighted by Gasteiger charge is 2.58. The maximum absolute atomic E-state index is 4.37. The molecule has 27 heavy (non-hydrogen) atoms. The van der Waals surface area contributed by atoms with Gasteiger partial charge < -0.3 is 0 Å². The Kier molecular flexibility index (Phi) is 7.86. The Bertz CT molecular complexity index is 514. The van der Waals surface area contributed by atoms with Crippen LogP contribution in [0.2, 0.25) is 0 Å². The molecule has 0 heterocycles. The first-order valence-corrected chi connectivity index (χ1v) is 12.4. The predicted octanol–water partition coefficient (Wildman–Crippen LogP) is 8.83. The van der Waals surface area contributed by atoms with Gasteiger partial charge in [0.15, 0.2) is 0 Å². The third kappa shape index (κ3) is 3.60. The molecule has 3 saturated carbocycles. The maximum atomic E-state index is 4.37. The molecule has 0 spiro atoms. The number of allylic oxidation sites excluding steroid dienone is 3. The fourth-order valence-electron chi connectivity index (χ4n) is 7.71. The van der Waals surface area contributed by atoms with E-state index in [1.54, 1.807) is 5.57 Å². The monoisotopic (exact) mass is 372 g/mol. The van der Waals surface area contributed by atoms with Crippen LogP contribution in [0.4, 0.5) is 0 Å². The summed E-state index contributed by atoms with van der Waals surface area (Å²) in [5, 5.41) is 0. The molecule has 0 radical (unpaired) electrons. The molecular formula is C27H48. The number of hydrogen-bond acceptors (Lipinski definition) is 0. The fourth-order valence-corrected chi connectivity index (χ4v) is 7.71. The molecule has 4 aliphatic carbocycles. The number of hydrogen-bond donors (Lipinski definition) is 0. The van der Waals surface area contributed by atoms with Gasteiger partial charge in [0, 0.05) is 5.41 Å². The minimum Gasteiger partial charge on any atom is -0.102 e. The highest BCUT2D eigenvalue weighted by atomic mass is 14.6. The molecule has 0 aliphatic heterocycles. The molecule has 0 aromatic carbocycles. The minimum absolute atomic E-state index is 0.376. The molecule has 0 heteroatoms. The molecule has 0 saturated heterocycles. The van der Waals surface area contributed by atoms with Gasteiger partial charge in [0.2, 0.25) is 0 Å². The fraction of sp³-hybridized carbons (Fsp3) is 0.852. The van der Waals surface area contributed by atoms with Crippen molar-refractivity contribution in [1.29, 1.82) is 0 Å². The second-order valence-corrected chi connectivity index (χ2v) is 9.66. The normalized spacial score (nSPS) is 44.9. The van der Waals surface area contributed by atoms with Crippen LogP contribution in [0.5, 0.6) is 0 Å². The summed E-state index contributed by atoms with van der Waals surface area (Å²) in [7, 11) is 0. The van der Waals surface area contributed by atoms with Gasteiger partial charge in [-0.05, 0) is 86.4 Å². The van der Waals surface area contributed by atoms with Crippen molar-refractivity contribution in [3.8, 4) is 0 Å². The summed E-state index contributed by atoms with van der Waals surface area (Å²) in [6.07, 6.45) is 17.9. The Hall–Kier alpha value is -0.520. The van der Waals surface area contributed by atoms with Gasteiger partial charge >= 0.3 is 0 Å². The first-order valence-electron chi connectivity index (χ1n) is 12.4. The van der Waals surface area contributed by atoms with Crippen molar-refractivity contribution < 1.29 is 0 Å². The summed E-state index contributed by atoms with van der Waals surface area (Å²) in [4.78, 5) is 0. The Morgan fingerprint density at radius 2 is 1.74 bits per heavy atom. The lowest BCUT2D eigenvalue weighted by atomic mass is 9.46. The van der Waals surface area contributed by atoms with Crippen LogP contribution >= 0.6 is 0 Å². The highest BCUT2D eigenvalue weighted by molar-refractivity contribution is 5.30. The van der Waals surface area contributed by atoms with Crippen LogP contribution in [-0.4, -0.2) is 0 Å². The summed E-state index contributed by atoms with van der Waals surface area (Å²) in [6.45, 7) is 19.9. The molecule has 7 atom stereocenters. The van der Waals surface area contributed by atoms with E-state index in [1.807, 2.05) is 27.7 Å².